The summed E-state index contributed by atoms with van der Waals surface area (Å²) in [5.41, 5.74) is 8.87. The van der Waals surface area contributed by atoms with Gasteiger partial charge in [-0.25, -0.2) is 0 Å². The lowest BCUT2D eigenvalue weighted by Crippen LogP contribution is -2.23. The van der Waals surface area contributed by atoms with Crippen molar-refractivity contribution in [2.24, 2.45) is 10.8 Å². The van der Waals surface area contributed by atoms with Gasteiger partial charge in [-0.05, 0) is 42.0 Å². The summed E-state index contributed by atoms with van der Waals surface area (Å²) in [5.74, 6) is 0. The van der Waals surface area contributed by atoms with E-state index in [1.807, 2.05) is 36.4 Å². The van der Waals surface area contributed by atoms with Crippen molar-refractivity contribution >= 4 is 46.5 Å². The molecule has 2 aromatic rings. The first-order valence-electron chi connectivity index (χ1n) is 5.09. The highest BCUT2D eigenvalue weighted by Crippen LogP contribution is 2.28. The number of benzene rings is 1. The van der Waals surface area contributed by atoms with Crippen LogP contribution < -0.4 is 11.2 Å². The molecule has 0 bridgehead atoms. The lowest BCUT2D eigenvalue weighted by molar-refractivity contribution is 1.04. The Morgan fingerprint density at radius 2 is 2.22 bits per heavy atom. The van der Waals surface area contributed by atoms with Gasteiger partial charge in [0, 0.05) is 14.8 Å². The molecule has 6 heteroatoms. The Labute approximate surface area is 119 Å². The Morgan fingerprint density at radius 1 is 1.39 bits per heavy atom. The normalized spacial score (nSPS) is 10.7. The Balaban J connectivity index is 2.15. The Hall–Kier alpha value is -1.43. The number of nitrogens with zero attached hydrogens (tertiary/aromatic N) is 1. The maximum absolute atomic E-state index is 5.96. The molecule has 0 aliphatic heterocycles. The molecule has 0 radical (unpaired) electrons. The van der Waals surface area contributed by atoms with Gasteiger partial charge in [0.05, 0.1) is 6.21 Å². The Morgan fingerprint density at radius 3 is 2.94 bits per heavy atom. The van der Waals surface area contributed by atoms with Crippen LogP contribution in [0.4, 0.5) is 0 Å². The smallest absolute Gasteiger partial charge is 0.184 e. The minimum atomic E-state index is 0.151. The molecule has 1 heterocycles. The van der Waals surface area contributed by atoms with Crippen molar-refractivity contribution in [1.82, 2.24) is 5.43 Å². The molecule has 3 N–H and O–H groups in total. The van der Waals surface area contributed by atoms with Gasteiger partial charge in [0.1, 0.15) is 0 Å². The Kier molecular flexibility index (Phi) is 4.30. The fraction of sp³-hybridized carbons (Fsp3) is 0. The number of rotatable bonds is 3. The summed E-state index contributed by atoms with van der Waals surface area (Å²) in [6.07, 6.45) is 1.68. The predicted molar refractivity (Wildman–Crippen MR) is 82.3 cm³/mol. The monoisotopic (exact) mass is 295 g/mol. The maximum Gasteiger partial charge on any atom is 0.184 e. The van der Waals surface area contributed by atoms with Gasteiger partial charge < -0.3 is 5.73 Å². The van der Waals surface area contributed by atoms with Crippen LogP contribution in [0.5, 0.6) is 0 Å². The van der Waals surface area contributed by atoms with Crippen LogP contribution in [-0.2, 0) is 0 Å². The summed E-state index contributed by atoms with van der Waals surface area (Å²) >= 11 is 12.2. The van der Waals surface area contributed by atoms with Gasteiger partial charge in [-0.2, -0.15) is 5.10 Å². The average molecular weight is 296 g/mol. The number of nitrogens with one attached hydrogen (secondary N) is 1. The number of hydrogen-bond donors (Lipinski definition) is 2. The lowest BCUT2D eigenvalue weighted by atomic mass is 10.2. The second kappa shape index (κ2) is 5.95. The van der Waals surface area contributed by atoms with Gasteiger partial charge in [-0.15, -0.1) is 11.3 Å². The zero-order valence-electron chi connectivity index (χ0n) is 9.26. The third-order valence-electron chi connectivity index (χ3n) is 2.10. The first-order valence-corrected chi connectivity index (χ1v) is 6.70. The summed E-state index contributed by atoms with van der Waals surface area (Å²) in [4.78, 5) is 2.14. The van der Waals surface area contributed by atoms with Crippen LogP contribution in [0.1, 0.15) is 4.88 Å². The van der Waals surface area contributed by atoms with Crippen LogP contribution in [-0.4, -0.2) is 11.3 Å². The van der Waals surface area contributed by atoms with Gasteiger partial charge in [0.2, 0.25) is 0 Å². The molecule has 2 rings (SSSR count). The van der Waals surface area contributed by atoms with Gasteiger partial charge >= 0.3 is 0 Å². The highest BCUT2D eigenvalue weighted by Gasteiger charge is 2.02. The summed E-state index contributed by atoms with van der Waals surface area (Å²) in [6, 6.07) is 11.7. The molecule has 0 amide bonds. The van der Waals surface area contributed by atoms with E-state index in [0.717, 1.165) is 20.3 Å². The zero-order chi connectivity index (χ0) is 13.0. The molecule has 0 spiro atoms. The van der Waals surface area contributed by atoms with Crippen LogP contribution in [0, 0.1) is 0 Å². The van der Waals surface area contributed by atoms with E-state index in [4.69, 9.17) is 17.3 Å². The van der Waals surface area contributed by atoms with Crippen molar-refractivity contribution in [2.75, 3.05) is 0 Å². The fourth-order valence-corrected chi connectivity index (χ4v) is 2.50. The van der Waals surface area contributed by atoms with E-state index in [1.165, 1.54) is 0 Å². The van der Waals surface area contributed by atoms with Crippen molar-refractivity contribution in [3.8, 4) is 10.4 Å². The first-order chi connectivity index (χ1) is 8.65. The molecule has 3 nitrogen and oxygen atoms in total. The van der Waals surface area contributed by atoms with E-state index >= 15 is 0 Å². The average Bonchev–Trinajstić information content (AvgIpc) is 2.77. The lowest BCUT2D eigenvalue weighted by Gasteiger charge is -1.96. The van der Waals surface area contributed by atoms with E-state index in [-0.39, 0.29) is 5.11 Å². The van der Waals surface area contributed by atoms with E-state index in [0.29, 0.717) is 0 Å². The second-order valence-corrected chi connectivity index (χ2v) is 5.44. The molecular formula is C12H10ClN3S2. The van der Waals surface area contributed by atoms with Crippen LogP contribution in [0.3, 0.4) is 0 Å². The topological polar surface area (TPSA) is 50.4 Å². The van der Waals surface area contributed by atoms with Gasteiger partial charge in [0.25, 0.3) is 0 Å². The molecule has 1 aromatic carbocycles. The Bertz CT molecular complexity index is 593. The number of thiocarbonyl (C=S) groups is 1. The van der Waals surface area contributed by atoms with Crippen molar-refractivity contribution in [2.45, 2.75) is 0 Å². The molecule has 0 aliphatic carbocycles. The van der Waals surface area contributed by atoms with Gasteiger partial charge in [0.15, 0.2) is 5.11 Å². The summed E-state index contributed by atoms with van der Waals surface area (Å²) < 4.78 is 0. The molecule has 0 aliphatic rings. The van der Waals surface area contributed by atoms with E-state index in [1.54, 1.807) is 17.6 Å². The predicted octanol–water partition coefficient (Wildman–Crippen LogP) is 3.24. The third kappa shape index (κ3) is 3.53. The summed E-state index contributed by atoms with van der Waals surface area (Å²) in [5, 5.41) is 4.79. The van der Waals surface area contributed by atoms with E-state index in [2.05, 4.69) is 22.7 Å². The van der Waals surface area contributed by atoms with E-state index in [9.17, 15) is 0 Å². The standard InChI is InChI=1S/C12H10ClN3S2/c13-9-3-1-2-8(6-9)11-5-4-10(18-11)7-15-16-12(14)17/h1-7H,(H3,14,16,17). The number of nitrogens with two attached hydrogens (primary N) is 1. The van der Waals surface area contributed by atoms with Crippen molar-refractivity contribution in [3.63, 3.8) is 0 Å². The maximum atomic E-state index is 5.96. The molecular weight excluding hydrogens is 286 g/mol. The van der Waals surface area contributed by atoms with E-state index < -0.39 is 0 Å². The number of hydrogen-bond acceptors (Lipinski definition) is 3. The zero-order valence-corrected chi connectivity index (χ0v) is 11.6. The van der Waals surface area contributed by atoms with Crippen LogP contribution in [0.2, 0.25) is 5.02 Å². The molecule has 0 atom stereocenters. The van der Waals surface area contributed by atoms with Crippen LogP contribution in [0.15, 0.2) is 41.5 Å². The molecule has 1 aromatic heterocycles. The summed E-state index contributed by atoms with van der Waals surface area (Å²) in [7, 11) is 0. The fourth-order valence-electron chi connectivity index (χ4n) is 1.38. The van der Waals surface area contributed by atoms with Gasteiger partial charge in [-0.1, -0.05) is 23.7 Å². The molecule has 0 saturated heterocycles. The minimum absolute atomic E-state index is 0.151. The van der Waals surface area contributed by atoms with Crippen LogP contribution >= 0.6 is 35.2 Å². The molecule has 92 valence electrons. The third-order valence-corrected chi connectivity index (χ3v) is 3.50. The number of halogens is 1. The molecule has 0 fully saturated rings. The molecule has 18 heavy (non-hydrogen) atoms. The number of thiophene rings is 1. The van der Waals surface area contributed by atoms with Crippen molar-refractivity contribution in [1.29, 1.82) is 0 Å². The summed E-state index contributed by atoms with van der Waals surface area (Å²) in [6.45, 7) is 0. The van der Waals surface area contributed by atoms with Gasteiger partial charge in [-0.3, -0.25) is 5.43 Å². The molecule has 0 saturated carbocycles. The highest BCUT2D eigenvalue weighted by atomic mass is 35.5. The van der Waals surface area contributed by atoms with Crippen molar-refractivity contribution < 1.29 is 0 Å². The molecule has 0 unspecified atom stereocenters. The number of hydrazone groups is 1. The largest absolute Gasteiger partial charge is 0.375 e. The first kappa shape index (κ1) is 13.0. The van der Waals surface area contributed by atoms with Crippen molar-refractivity contribution in [3.05, 3.63) is 46.3 Å². The highest BCUT2D eigenvalue weighted by molar-refractivity contribution is 7.80. The SMILES string of the molecule is NC(=S)NN=Cc1ccc(-c2cccc(Cl)c2)s1. The second-order valence-electron chi connectivity index (χ2n) is 3.45. The van der Waals surface area contributed by atoms with Crippen LogP contribution in [0.25, 0.3) is 10.4 Å². The minimum Gasteiger partial charge on any atom is -0.375 e. The quantitative estimate of drug-likeness (QED) is 0.519.